The molecule has 0 radical (unpaired) electrons. The second-order valence-corrected chi connectivity index (χ2v) is 4.52. The highest BCUT2D eigenvalue weighted by Gasteiger charge is 2.05. The molecule has 14 heavy (non-hydrogen) atoms. The lowest BCUT2D eigenvalue weighted by Gasteiger charge is -2.02. The second kappa shape index (κ2) is 4.22. The molecule has 1 heterocycles. The van der Waals surface area contributed by atoms with Crippen molar-refractivity contribution in [3.63, 3.8) is 0 Å². The van der Waals surface area contributed by atoms with E-state index in [0.717, 1.165) is 15.1 Å². The molecule has 1 aromatic carbocycles. The molecule has 0 saturated carbocycles. The summed E-state index contributed by atoms with van der Waals surface area (Å²) in [4.78, 5) is 4.13. The van der Waals surface area contributed by atoms with Crippen molar-refractivity contribution in [1.82, 2.24) is 9.36 Å². The van der Waals surface area contributed by atoms with Gasteiger partial charge in [0.1, 0.15) is 11.6 Å². The van der Waals surface area contributed by atoms with Crippen molar-refractivity contribution in [2.24, 2.45) is 0 Å². The highest BCUT2D eigenvalue weighted by molar-refractivity contribution is 14.1. The minimum atomic E-state index is 0.589. The van der Waals surface area contributed by atoms with Gasteiger partial charge in [-0.1, -0.05) is 12.1 Å². The van der Waals surface area contributed by atoms with Crippen LogP contribution in [0.1, 0.15) is 5.82 Å². The highest BCUT2D eigenvalue weighted by atomic mass is 127. The van der Waals surface area contributed by atoms with Gasteiger partial charge in [-0.15, -0.1) is 0 Å². The van der Waals surface area contributed by atoms with Crippen LogP contribution in [0.2, 0.25) is 0 Å². The number of halogens is 1. The first-order valence-electron chi connectivity index (χ1n) is 3.98. The van der Waals surface area contributed by atoms with Gasteiger partial charge in [0.15, 0.2) is 0 Å². The van der Waals surface area contributed by atoms with Crippen LogP contribution in [0.3, 0.4) is 0 Å². The summed E-state index contributed by atoms with van der Waals surface area (Å²) in [5.41, 5.74) is 0. The van der Waals surface area contributed by atoms with Gasteiger partial charge in [-0.3, -0.25) is 0 Å². The van der Waals surface area contributed by atoms with Gasteiger partial charge in [-0.05, 0) is 41.6 Å². The quantitative estimate of drug-likeness (QED) is 0.798. The van der Waals surface area contributed by atoms with Gasteiger partial charge in [-0.25, -0.2) is 0 Å². The van der Waals surface area contributed by atoms with E-state index in [2.05, 4.69) is 31.9 Å². The van der Waals surface area contributed by atoms with Crippen LogP contribution >= 0.6 is 34.1 Å². The molecule has 0 bridgehead atoms. The van der Waals surface area contributed by atoms with Gasteiger partial charge in [0, 0.05) is 11.5 Å². The molecule has 0 fully saturated rings. The topological polar surface area (TPSA) is 35.0 Å². The summed E-state index contributed by atoms with van der Waals surface area (Å²) in [7, 11) is 0. The van der Waals surface area contributed by atoms with Crippen molar-refractivity contribution in [1.29, 1.82) is 0 Å². The molecule has 0 unspecified atom stereocenters. The summed E-state index contributed by atoms with van der Waals surface area (Å²) in [5, 5.41) is 0.589. The standard InChI is InChI=1S/C9H7IN2OS/c1-6-11-9(14-12-6)13-8-5-3-2-4-7(8)10/h2-5H,1H3. The fourth-order valence-corrected chi connectivity index (χ4v) is 1.99. The molecule has 0 atom stereocenters. The molecule has 72 valence electrons. The summed E-state index contributed by atoms with van der Waals surface area (Å²) >= 11 is 3.49. The third kappa shape index (κ3) is 2.21. The number of para-hydroxylation sites is 1. The maximum absolute atomic E-state index is 5.57. The lowest BCUT2D eigenvalue weighted by Crippen LogP contribution is -1.85. The molecule has 0 aliphatic carbocycles. The molecule has 0 spiro atoms. The van der Waals surface area contributed by atoms with Crippen LogP contribution < -0.4 is 4.74 Å². The third-order valence-electron chi connectivity index (χ3n) is 1.54. The first kappa shape index (κ1) is 9.85. The first-order valence-corrected chi connectivity index (χ1v) is 5.83. The van der Waals surface area contributed by atoms with E-state index >= 15 is 0 Å². The lowest BCUT2D eigenvalue weighted by molar-refractivity contribution is 0.474. The molecule has 2 aromatic rings. The Hall–Kier alpha value is -0.690. The zero-order valence-corrected chi connectivity index (χ0v) is 10.4. The Labute approximate surface area is 99.4 Å². The second-order valence-electron chi connectivity index (χ2n) is 2.64. The van der Waals surface area contributed by atoms with Crippen molar-refractivity contribution in [2.75, 3.05) is 0 Å². The van der Waals surface area contributed by atoms with E-state index in [1.54, 1.807) is 0 Å². The number of nitrogens with zero attached hydrogens (tertiary/aromatic N) is 2. The Balaban J connectivity index is 2.23. The van der Waals surface area contributed by atoms with Gasteiger partial charge in [0.2, 0.25) is 0 Å². The van der Waals surface area contributed by atoms with Crippen molar-refractivity contribution in [3.8, 4) is 10.9 Å². The van der Waals surface area contributed by atoms with E-state index in [1.807, 2.05) is 31.2 Å². The van der Waals surface area contributed by atoms with Gasteiger partial charge >= 0.3 is 0 Å². The van der Waals surface area contributed by atoms with Crippen molar-refractivity contribution >= 4 is 34.1 Å². The van der Waals surface area contributed by atoms with Crippen LogP contribution in [-0.4, -0.2) is 9.36 Å². The van der Waals surface area contributed by atoms with Crippen LogP contribution in [0.15, 0.2) is 24.3 Å². The van der Waals surface area contributed by atoms with E-state index in [9.17, 15) is 0 Å². The number of rotatable bonds is 2. The van der Waals surface area contributed by atoms with Crippen LogP contribution in [0.5, 0.6) is 10.9 Å². The zero-order valence-electron chi connectivity index (χ0n) is 7.40. The average molecular weight is 318 g/mol. The van der Waals surface area contributed by atoms with E-state index < -0.39 is 0 Å². The summed E-state index contributed by atoms with van der Waals surface area (Å²) < 4.78 is 10.7. The summed E-state index contributed by atoms with van der Waals surface area (Å²) in [6.45, 7) is 1.85. The molecule has 0 aliphatic rings. The van der Waals surface area contributed by atoms with Crippen LogP contribution in [-0.2, 0) is 0 Å². The Morgan fingerprint density at radius 2 is 2.14 bits per heavy atom. The number of aryl methyl sites for hydroxylation is 1. The van der Waals surface area contributed by atoms with Gasteiger partial charge in [0.05, 0.1) is 3.57 Å². The maximum atomic E-state index is 5.57. The van der Waals surface area contributed by atoms with Gasteiger partial charge < -0.3 is 4.74 Å². The highest BCUT2D eigenvalue weighted by Crippen LogP contribution is 2.27. The van der Waals surface area contributed by atoms with Gasteiger partial charge in [0.25, 0.3) is 5.19 Å². The molecule has 5 heteroatoms. The van der Waals surface area contributed by atoms with Crippen molar-refractivity contribution < 1.29 is 4.74 Å². The number of aromatic nitrogens is 2. The van der Waals surface area contributed by atoms with Gasteiger partial charge in [-0.2, -0.15) is 9.36 Å². The number of hydrogen-bond acceptors (Lipinski definition) is 4. The molecule has 0 amide bonds. The third-order valence-corrected chi connectivity index (χ3v) is 3.12. The predicted molar refractivity (Wildman–Crippen MR) is 63.9 cm³/mol. The molecule has 0 N–H and O–H groups in total. The molecule has 2 rings (SSSR count). The fourth-order valence-electron chi connectivity index (χ4n) is 0.941. The van der Waals surface area contributed by atoms with Crippen LogP contribution in [0.25, 0.3) is 0 Å². The van der Waals surface area contributed by atoms with Crippen molar-refractivity contribution in [3.05, 3.63) is 33.7 Å². The Bertz CT molecular complexity index is 444. The van der Waals surface area contributed by atoms with Crippen molar-refractivity contribution in [2.45, 2.75) is 6.92 Å². The molecule has 0 saturated heterocycles. The normalized spacial score (nSPS) is 10.1. The molecule has 0 aliphatic heterocycles. The Morgan fingerprint density at radius 3 is 2.79 bits per heavy atom. The molecular formula is C9H7IN2OS. The van der Waals surface area contributed by atoms with E-state index in [4.69, 9.17) is 4.74 Å². The smallest absolute Gasteiger partial charge is 0.298 e. The monoisotopic (exact) mass is 318 g/mol. The Morgan fingerprint density at radius 1 is 1.36 bits per heavy atom. The van der Waals surface area contributed by atoms with E-state index in [0.29, 0.717) is 5.19 Å². The number of hydrogen-bond donors (Lipinski definition) is 0. The van der Waals surface area contributed by atoms with Crippen LogP contribution in [0.4, 0.5) is 0 Å². The minimum absolute atomic E-state index is 0.589. The first-order chi connectivity index (χ1) is 6.75. The average Bonchev–Trinajstić information content (AvgIpc) is 2.56. The molecular weight excluding hydrogens is 311 g/mol. The molecule has 1 aromatic heterocycles. The zero-order chi connectivity index (χ0) is 9.97. The Kier molecular flexibility index (Phi) is 2.97. The van der Waals surface area contributed by atoms with Crippen LogP contribution in [0, 0.1) is 10.5 Å². The summed E-state index contributed by atoms with van der Waals surface area (Å²) in [5.74, 6) is 1.57. The SMILES string of the molecule is Cc1nsc(Oc2ccccc2I)n1. The largest absolute Gasteiger partial charge is 0.429 e. The number of benzene rings is 1. The minimum Gasteiger partial charge on any atom is -0.429 e. The maximum Gasteiger partial charge on any atom is 0.298 e. The summed E-state index contributed by atoms with van der Waals surface area (Å²) in [6.07, 6.45) is 0. The summed E-state index contributed by atoms with van der Waals surface area (Å²) in [6, 6.07) is 7.81. The van der Waals surface area contributed by atoms with E-state index in [-0.39, 0.29) is 0 Å². The fraction of sp³-hybridized carbons (Fsp3) is 0.111. The lowest BCUT2D eigenvalue weighted by atomic mass is 10.3. The number of ether oxygens (including phenoxy) is 1. The van der Waals surface area contributed by atoms with E-state index in [1.165, 1.54) is 11.5 Å². The molecule has 3 nitrogen and oxygen atoms in total. The predicted octanol–water partition coefficient (Wildman–Crippen LogP) is 3.24.